The van der Waals surface area contributed by atoms with Crippen LogP contribution in [0.25, 0.3) is 0 Å². The van der Waals surface area contributed by atoms with Crippen LogP contribution in [0.3, 0.4) is 0 Å². The Kier molecular flexibility index (Phi) is 5.04. The van der Waals surface area contributed by atoms with Crippen molar-refractivity contribution in [1.82, 2.24) is 0 Å². The summed E-state index contributed by atoms with van der Waals surface area (Å²) in [5, 5.41) is 3.02. The molecule has 126 valence electrons. The number of amides is 1. The first-order valence-electron chi connectivity index (χ1n) is 8.39. The molecule has 1 saturated carbocycles. The van der Waals surface area contributed by atoms with Crippen LogP contribution in [0.2, 0.25) is 0 Å². The second-order valence-electron chi connectivity index (χ2n) is 6.06. The molecule has 0 bridgehead atoms. The Bertz CT molecular complexity index is 696. The largest absolute Gasteiger partial charge is 0.497 e. The van der Waals surface area contributed by atoms with Crippen molar-refractivity contribution in [3.8, 4) is 11.5 Å². The molecule has 2 atom stereocenters. The first-order chi connectivity index (χ1) is 11.7. The van der Waals surface area contributed by atoms with Crippen molar-refractivity contribution in [2.24, 2.45) is 5.92 Å². The van der Waals surface area contributed by atoms with E-state index in [4.69, 9.17) is 9.47 Å². The van der Waals surface area contributed by atoms with Gasteiger partial charge in [-0.25, -0.2) is 0 Å². The zero-order valence-corrected chi connectivity index (χ0v) is 14.1. The number of carbonyl (C=O) groups excluding carboxylic acids is 1. The van der Waals surface area contributed by atoms with E-state index in [1.165, 1.54) is 5.56 Å². The van der Waals surface area contributed by atoms with Gasteiger partial charge in [0.2, 0.25) is 5.91 Å². The summed E-state index contributed by atoms with van der Waals surface area (Å²) in [6.07, 6.45) is 1.82. The lowest BCUT2D eigenvalue weighted by Crippen LogP contribution is -2.15. The Morgan fingerprint density at radius 2 is 1.92 bits per heavy atom. The van der Waals surface area contributed by atoms with E-state index >= 15 is 0 Å². The molecule has 0 spiro atoms. The molecule has 0 aromatic heterocycles. The number of benzene rings is 2. The maximum absolute atomic E-state index is 12.5. The molecule has 24 heavy (non-hydrogen) atoms. The summed E-state index contributed by atoms with van der Waals surface area (Å²) >= 11 is 0. The smallest absolute Gasteiger partial charge is 0.228 e. The van der Waals surface area contributed by atoms with Gasteiger partial charge in [0.15, 0.2) is 0 Å². The molecule has 3 rings (SSSR count). The van der Waals surface area contributed by atoms with Crippen LogP contribution in [-0.2, 0) is 4.79 Å². The number of ether oxygens (including phenoxy) is 2. The van der Waals surface area contributed by atoms with Gasteiger partial charge < -0.3 is 14.8 Å². The van der Waals surface area contributed by atoms with Crippen LogP contribution in [-0.4, -0.2) is 19.6 Å². The monoisotopic (exact) mass is 325 g/mol. The molecule has 1 N–H and O–H groups in total. The Labute approximate surface area is 142 Å². The van der Waals surface area contributed by atoms with Crippen molar-refractivity contribution in [3.05, 3.63) is 54.1 Å². The SMILES string of the molecule is CCCOc1ccccc1NC(=O)C1CC1c1ccc(OC)cc1. The molecule has 2 aromatic rings. The van der Waals surface area contributed by atoms with E-state index in [1.807, 2.05) is 48.5 Å². The molecule has 2 aromatic carbocycles. The van der Waals surface area contributed by atoms with Crippen LogP contribution < -0.4 is 14.8 Å². The van der Waals surface area contributed by atoms with Crippen LogP contribution in [0.4, 0.5) is 5.69 Å². The summed E-state index contributed by atoms with van der Waals surface area (Å²) in [5.41, 5.74) is 1.93. The summed E-state index contributed by atoms with van der Waals surface area (Å²) in [4.78, 5) is 12.5. The summed E-state index contributed by atoms with van der Waals surface area (Å²) in [5.74, 6) is 1.94. The molecule has 4 nitrogen and oxygen atoms in total. The highest BCUT2D eigenvalue weighted by Gasteiger charge is 2.44. The molecule has 2 unspecified atom stereocenters. The van der Waals surface area contributed by atoms with Gasteiger partial charge in [0.05, 0.1) is 19.4 Å². The summed E-state index contributed by atoms with van der Waals surface area (Å²) in [6.45, 7) is 2.70. The van der Waals surface area contributed by atoms with Gasteiger partial charge in [0, 0.05) is 5.92 Å². The zero-order chi connectivity index (χ0) is 16.9. The van der Waals surface area contributed by atoms with Gasteiger partial charge in [-0.3, -0.25) is 4.79 Å². The number of para-hydroxylation sites is 2. The Morgan fingerprint density at radius 3 is 2.62 bits per heavy atom. The Balaban J connectivity index is 1.62. The lowest BCUT2D eigenvalue weighted by atomic mass is 10.1. The predicted octanol–water partition coefficient (Wildman–Crippen LogP) is 4.23. The van der Waals surface area contributed by atoms with Crippen molar-refractivity contribution in [2.45, 2.75) is 25.7 Å². The Morgan fingerprint density at radius 1 is 1.17 bits per heavy atom. The van der Waals surface area contributed by atoms with E-state index in [0.717, 1.165) is 30.0 Å². The lowest BCUT2D eigenvalue weighted by molar-refractivity contribution is -0.117. The molecule has 1 aliphatic carbocycles. The minimum atomic E-state index is 0.0256. The molecule has 0 heterocycles. The third-order valence-electron chi connectivity index (χ3n) is 4.28. The molecule has 4 heteroatoms. The van der Waals surface area contributed by atoms with Crippen LogP contribution in [0, 0.1) is 5.92 Å². The summed E-state index contributed by atoms with van der Waals surface area (Å²) in [6, 6.07) is 15.5. The minimum absolute atomic E-state index is 0.0256. The highest BCUT2D eigenvalue weighted by atomic mass is 16.5. The van der Waals surface area contributed by atoms with E-state index in [-0.39, 0.29) is 11.8 Å². The van der Waals surface area contributed by atoms with Gasteiger partial charge in [-0.15, -0.1) is 0 Å². The Hall–Kier alpha value is -2.49. The van der Waals surface area contributed by atoms with E-state index in [9.17, 15) is 4.79 Å². The average molecular weight is 325 g/mol. The third-order valence-corrected chi connectivity index (χ3v) is 4.28. The van der Waals surface area contributed by atoms with E-state index in [1.54, 1.807) is 7.11 Å². The fourth-order valence-corrected chi connectivity index (χ4v) is 2.84. The van der Waals surface area contributed by atoms with Crippen molar-refractivity contribution < 1.29 is 14.3 Å². The second kappa shape index (κ2) is 7.39. The fraction of sp³-hybridized carbons (Fsp3) is 0.350. The maximum Gasteiger partial charge on any atom is 0.228 e. The standard InChI is InChI=1S/C20H23NO3/c1-3-12-24-19-7-5-4-6-18(19)21-20(22)17-13-16(17)14-8-10-15(23-2)11-9-14/h4-11,16-17H,3,12-13H2,1-2H3,(H,21,22). The van der Waals surface area contributed by atoms with Gasteiger partial charge in [0.25, 0.3) is 0 Å². The molecule has 1 aliphatic rings. The minimum Gasteiger partial charge on any atom is -0.497 e. The van der Waals surface area contributed by atoms with E-state index in [0.29, 0.717) is 12.5 Å². The third kappa shape index (κ3) is 3.70. The molecule has 0 radical (unpaired) electrons. The van der Waals surface area contributed by atoms with Gasteiger partial charge >= 0.3 is 0 Å². The molecule has 1 amide bonds. The molecule has 0 saturated heterocycles. The maximum atomic E-state index is 12.5. The number of anilines is 1. The quantitative estimate of drug-likeness (QED) is 0.829. The average Bonchev–Trinajstić information content (AvgIpc) is 3.42. The van der Waals surface area contributed by atoms with Gasteiger partial charge in [-0.05, 0) is 48.6 Å². The van der Waals surface area contributed by atoms with Crippen molar-refractivity contribution >= 4 is 11.6 Å². The van der Waals surface area contributed by atoms with Crippen LogP contribution in [0.5, 0.6) is 11.5 Å². The number of hydrogen-bond acceptors (Lipinski definition) is 3. The number of hydrogen-bond donors (Lipinski definition) is 1. The summed E-state index contributed by atoms with van der Waals surface area (Å²) in [7, 11) is 1.65. The highest BCUT2D eigenvalue weighted by molar-refractivity contribution is 5.96. The van der Waals surface area contributed by atoms with Crippen LogP contribution >= 0.6 is 0 Å². The number of rotatable bonds is 7. The van der Waals surface area contributed by atoms with Gasteiger partial charge in [-0.2, -0.15) is 0 Å². The first kappa shape index (κ1) is 16.4. The predicted molar refractivity (Wildman–Crippen MR) is 94.7 cm³/mol. The number of methoxy groups -OCH3 is 1. The van der Waals surface area contributed by atoms with Gasteiger partial charge in [0.1, 0.15) is 11.5 Å². The van der Waals surface area contributed by atoms with E-state index < -0.39 is 0 Å². The first-order valence-corrected chi connectivity index (χ1v) is 8.39. The second-order valence-corrected chi connectivity index (χ2v) is 6.06. The van der Waals surface area contributed by atoms with Crippen molar-refractivity contribution in [2.75, 3.05) is 19.0 Å². The fourth-order valence-electron chi connectivity index (χ4n) is 2.84. The normalized spacial score (nSPS) is 18.8. The van der Waals surface area contributed by atoms with Crippen molar-refractivity contribution in [1.29, 1.82) is 0 Å². The molecular weight excluding hydrogens is 302 g/mol. The number of nitrogens with one attached hydrogen (secondary N) is 1. The number of carbonyl (C=O) groups is 1. The van der Waals surface area contributed by atoms with Crippen molar-refractivity contribution in [3.63, 3.8) is 0 Å². The van der Waals surface area contributed by atoms with Crippen LogP contribution in [0.15, 0.2) is 48.5 Å². The highest BCUT2D eigenvalue weighted by Crippen LogP contribution is 2.48. The van der Waals surface area contributed by atoms with Crippen LogP contribution in [0.1, 0.15) is 31.2 Å². The summed E-state index contributed by atoms with van der Waals surface area (Å²) < 4.78 is 10.9. The topological polar surface area (TPSA) is 47.6 Å². The lowest BCUT2D eigenvalue weighted by Gasteiger charge is -2.12. The van der Waals surface area contributed by atoms with E-state index in [2.05, 4.69) is 12.2 Å². The molecular formula is C20H23NO3. The van der Waals surface area contributed by atoms with Gasteiger partial charge in [-0.1, -0.05) is 31.2 Å². The molecule has 1 fully saturated rings. The zero-order valence-electron chi connectivity index (χ0n) is 14.1. The molecule has 0 aliphatic heterocycles.